The van der Waals surface area contributed by atoms with Crippen LogP contribution in [0.2, 0.25) is 0 Å². The summed E-state index contributed by atoms with van der Waals surface area (Å²) in [6, 6.07) is 11.0. The largest absolute Gasteiger partial charge is 0.464 e. The van der Waals surface area contributed by atoms with Crippen LogP contribution < -0.4 is 0 Å². The van der Waals surface area contributed by atoms with Crippen molar-refractivity contribution >= 4 is 22.3 Å². The number of aromatic nitrogens is 1. The first-order chi connectivity index (χ1) is 16.7. The standard InChI is InChI=1S/C29H33FN2O2/c30-26-12-11-23(29-24(26)15-20-34-29)21-9-6-17-32(18-13-21)19-14-25(27-10-4-5-16-31-27)28(33)22-7-2-1-3-8-22/h4-5,10-13,15-16,20,22,25H,1-3,6-9,14,17-19H2. The molecule has 1 unspecified atom stereocenters. The fourth-order valence-corrected chi connectivity index (χ4v) is 5.66. The molecule has 0 saturated heterocycles. The Bertz CT molecular complexity index is 1150. The number of allylic oxidation sites excluding steroid dienone is 1. The fraction of sp³-hybridized carbons (Fsp3) is 0.448. The maximum absolute atomic E-state index is 14.1. The van der Waals surface area contributed by atoms with E-state index in [1.165, 1.54) is 18.1 Å². The average Bonchev–Trinajstić information content (AvgIpc) is 3.27. The Hall–Kier alpha value is -2.79. The molecule has 4 nitrogen and oxygen atoms in total. The summed E-state index contributed by atoms with van der Waals surface area (Å²) in [7, 11) is 0. The van der Waals surface area contributed by atoms with Gasteiger partial charge in [-0.05, 0) is 81.1 Å². The minimum absolute atomic E-state index is 0.129. The number of ketones is 1. The molecule has 2 aromatic heterocycles. The third kappa shape index (κ3) is 5.00. The predicted molar refractivity (Wildman–Crippen MR) is 133 cm³/mol. The SMILES string of the molecule is O=C(C1CCCCC1)C(CCN1CC=C(c2ccc(F)c3ccoc23)CCC1)c1ccccn1. The molecule has 0 bridgehead atoms. The van der Waals surface area contributed by atoms with Gasteiger partial charge in [0.05, 0.1) is 23.3 Å². The number of rotatable bonds is 7. The van der Waals surface area contributed by atoms with Crippen LogP contribution in [0.4, 0.5) is 4.39 Å². The number of nitrogens with zero attached hydrogens (tertiary/aromatic N) is 2. The third-order valence-electron chi connectivity index (χ3n) is 7.56. The van der Waals surface area contributed by atoms with Crippen LogP contribution in [0, 0.1) is 11.7 Å². The Kier molecular flexibility index (Phi) is 7.19. The summed E-state index contributed by atoms with van der Waals surface area (Å²) in [6.07, 6.45) is 14.0. The van der Waals surface area contributed by atoms with E-state index in [4.69, 9.17) is 4.42 Å². The molecule has 178 valence electrons. The number of hydrogen-bond acceptors (Lipinski definition) is 4. The van der Waals surface area contributed by atoms with Crippen LogP contribution in [-0.2, 0) is 4.79 Å². The Morgan fingerprint density at radius 3 is 2.82 bits per heavy atom. The van der Waals surface area contributed by atoms with Crippen molar-refractivity contribution in [2.24, 2.45) is 5.92 Å². The van der Waals surface area contributed by atoms with Crippen molar-refractivity contribution in [3.63, 3.8) is 0 Å². The first-order valence-electron chi connectivity index (χ1n) is 12.7. The number of carbonyl (C=O) groups is 1. The third-order valence-corrected chi connectivity index (χ3v) is 7.56. The van der Waals surface area contributed by atoms with Crippen LogP contribution >= 0.6 is 0 Å². The summed E-state index contributed by atoms with van der Waals surface area (Å²) in [5, 5.41) is 0.541. The van der Waals surface area contributed by atoms with E-state index in [1.54, 1.807) is 18.5 Å². The Morgan fingerprint density at radius 2 is 2.00 bits per heavy atom. The minimum atomic E-state index is -0.244. The molecule has 1 aliphatic carbocycles. The van der Waals surface area contributed by atoms with E-state index in [2.05, 4.69) is 16.0 Å². The molecule has 5 rings (SSSR count). The summed E-state index contributed by atoms with van der Waals surface area (Å²) in [5.41, 5.74) is 3.74. The molecular weight excluding hydrogens is 427 g/mol. The zero-order valence-electron chi connectivity index (χ0n) is 19.7. The van der Waals surface area contributed by atoms with Crippen molar-refractivity contribution in [2.75, 3.05) is 19.6 Å². The number of fused-ring (bicyclic) bond motifs is 1. The van der Waals surface area contributed by atoms with E-state index in [0.717, 1.165) is 75.8 Å². The summed E-state index contributed by atoms with van der Waals surface area (Å²) in [6.45, 7) is 2.67. The van der Waals surface area contributed by atoms with Gasteiger partial charge in [0.15, 0.2) is 0 Å². The number of halogens is 1. The van der Waals surface area contributed by atoms with Crippen molar-refractivity contribution in [1.82, 2.24) is 9.88 Å². The second-order valence-corrected chi connectivity index (χ2v) is 9.73. The molecule has 1 aromatic carbocycles. The van der Waals surface area contributed by atoms with Crippen LogP contribution in [-0.4, -0.2) is 35.3 Å². The Morgan fingerprint density at radius 1 is 1.12 bits per heavy atom. The van der Waals surface area contributed by atoms with E-state index in [-0.39, 0.29) is 17.7 Å². The van der Waals surface area contributed by atoms with Crippen molar-refractivity contribution < 1.29 is 13.6 Å². The summed E-state index contributed by atoms with van der Waals surface area (Å²) < 4.78 is 19.7. The van der Waals surface area contributed by atoms with Crippen molar-refractivity contribution in [1.29, 1.82) is 0 Å². The van der Waals surface area contributed by atoms with E-state index in [0.29, 0.717) is 16.8 Å². The van der Waals surface area contributed by atoms with Gasteiger partial charge in [-0.3, -0.25) is 14.7 Å². The highest BCUT2D eigenvalue weighted by Gasteiger charge is 2.30. The molecule has 5 heteroatoms. The lowest BCUT2D eigenvalue weighted by Crippen LogP contribution is -2.30. The van der Waals surface area contributed by atoms with Gasteiger partial charge in [0.2, 0.25) is 0 Å². The number of pyridine rings is 1. The summed E-state index contributed by atoms with van der Waals surface area (Å²) in [5.74, 6) is 0.198. The fourth-order valence-electron chi connectivity index (χ4n) is 5.66. The van der Waals surface area contributed by atoms with Gasteiger partial charge in [0.1, 0.15) is 17.2 Å². The van der Waals surface area contributed by atoms with E-state index >= 15 is 0 Å². The zero-order valence-corrected chi connectivity index (χ0v) is 19.7. The van der Waals surface area contributed by atoms with Crippen molar-refractivity contribution in [3.8, 4) is 0 Å². The molecule has 0 spiro atoms. The smallest absolute Gasteiger partial charge is 0.145 e. The number of Topliss-reactive ketones (excluding diaryl/α,β-unsaturated/α-hetero) is 1. The highest BCUT2D eigenvalue weighted by atomic mass is 19.1. The molecule has 0 amide bonds. The molecule has 1 atom stereocenters. The lowest BCUT2D eigenvalue weighted by molar-refractivity contribution is -0.125. The molecular formula is C29H33FN2O2. The lowest BCUT2D eigenvalue weighted by atomic mass is 9.79. The molecule has 1 saturated carbocycles. The van der Waals surface area contributed by atoms with Crippen LogP contribution in [0.15, 0.2) is 59.4 Å². The number of hydrogen-bond donors (Lipinski definition) is 0. The maximum Gasteiger partial charge on any atom is 0.145 e. The van der Waals surface area contributed by atoms with E-state index in [9.17, 15) is 9.18 Å². The molecule has 34 heavy (non-hydrogen) atoms. The van der Waals surface area contributed by atoms with Gasteiger partial charge in [-0.25, -0.2) is 4.39 Å². The van der Waals surface area contributed by atoms with Gasteiger partial charge >= 0.3 is 0 Å². The second kappa shape index (κ2) is 10.6. The highest BCUT2D eigenvalue weighted by molar-refractivity contribution is 5.90. The lowest BCUT2D eigenvalue weighted by Gasteiger charge is -2.27. The number of benzene rings is 1. The minimum Gasteiger partial charge on any atom is -0.464 e. The van der Waals surface area contributed by atoms with E-state index in [1.807, 2.05) is 24.3 Å². The number of carbonyl (C=O) groups excluding carboxylic acids is 1. The van der Waals surface area contributed by atoms with Crippen LogP contribution in [0.1, 0.15) is 68.5 Å². The van der Waals surface area contributed by atoms with Crippen LogP contribution in [0.25, 0.3) is 16.5 Å². The normalized spacial score (nSPS) is 19.0. The second-order valence-electron chi connectivity index (χ2n) is 9.73. The maximum atomic E-state index is 14.1. The first-order valence-corrected chi connectivity index (χ1v) is 12.7. The first kappa shape index (κ1) is 23.0. The number of furan rings is 1. The van der Waals surface area contributed by atoms with Gasteiger partial charge in [0, 0.05) is 24.2 Å². The van der Waals surface area contributed by atoms with Gasteiger partial charge in [-0.1, -0.05) is 31.4 Å². The monoisotopic (exact) mass is 460 g/mol. The predicted octanol–water partition coefficient (Wildman–Crippen LogP) is 6.77. The van der Waals surface area contributed by atoms with Crippen LogP contribution in [0.3, 0.4) is 0 Å². The quantitative estimate of drug-likeness (QED) is 0.390. The average molecular weight is 461 g/mol. The molecule has 0 radical (unpaired) electrons. The molecule has 3 aromatic rings. The van der Waals surface area contributed by atoms with Crippen molar-refractivity contribution in [3.05, 3.63) is 72.0 Å². The molecule has 3 heterocycles. The molecule has 2 aliphatic rings. The molecule has 1 aliphatic heterocycles. The highest BCUT2D eigenvalue weighted by Crippen LogP contribution is 2.33. The van der Waals surface area contributed by atoms with Gasteiger partial charge in [0.25, 0.3) is 0 Å². The zero-order chi connectivity index (χ0) is 23.3. The Balaban J connectivity index is 1.29. The van der Waals surface area contributed by atoms with E-state index < -0.39 is 0 Å². The van der Waals surface area contributed by atoms with Gasteiger partial charge < -0.3 is 4.42 Å². The molecule has 1 fully saturated rings. The van der Waals surface area contributed by atoms with Gasteiger partial charge in [-0.2, -0.15) is 0 Å². The summed E-state index contributed by atoms with van der Waals surface area (Å²) in [4.78, 5) is 20.5. The summed E-state index contributed by atoms with van der Waals surface area (Å²) >= 11 is 0. The topological polar surface area (TPSA) is 46.3 Å². The Labute approximate surface area is 200 Å². The van der Waals surface area contributed by atoms with Gasteiger partial charge in [-0.15, -0.1) is 0 Å². The van der Waals surface area contributed by atoms with Crippen molar-refractivity contribution in [2.45, 2.75) is 57.3 Å². The van der Waals surface area contributed by atoms with Crippen LogP contribution in [0.5, 0.6) is 0 Å². The molecule has 0 N–H and O–H groups in total.